The third kappa shape index (κ3) is 1.27. The van der Waals surface area contributed by atoms with Crippen LogP contribution in [0.1, 0.15) is 11.1 Å². The standard InChI is InChI=1S/C11H13N3/c1-7-5-3-4-6-9(7)10-8(2)11(12)14-13-10/h3-6H,1-2H3,(H3,12,13,14). The Morgan fingerprint density at radius 2 is 1.93 bits per heavy atom. The van der Waals surface area contributed by atoms with Crippen LogP contribution in [-0.4, -0.2) is 10.2 Å². The van der Waals surface area contributed by atoms with E-state index in [-0.39, 0.29) is 0 Å². The number of hydrogen-bond donors (Lipinski definition) is 2. The Hall–Kier alpha value is -1.77. The van der Waals surface area contributed by atoms with Crippen molar-refractivity contribution in [3.63, 3.8) is 0 Å². The fraction of sp³-hybridized carbons (Fsp3) is 0.182. The summed E-state index contributed by atoms with van der Waals surface area (Å²) in [5, 5.41) is 6.94. The van der Waals surface area contributed by atoms with Crippen LogP contribution >= 0.6 is 0 Å². The number of H-pyrrole nitrogens is 1. The maximum Gasteiger partial charge on any atom is 0.148 e. The summed E-state index contributed by atoms with van der Waals surface area (Å²) in [5.41, 5.74) is 10.1. The minimum atomic E-state index is 0.572. The van der Waals surface area contributed by atoms with Crippen LogP contribution in [-0.2, 0) is 0 Å². The summed E-state index contributed by atoms with van der Waals surface area (Å²) in [6.07, 6.45) is 0. The minimum Gasteiger partial charge on any atom is -0.382 e. The van der Waals surface area contributed by atoms with Gasteiger partial charge >= 0.3 is 0 Å². The van der Waals surface area contributed by atoms with Crippen LogP contribution in [0.4, 0.5) is 5.82 Å². The lowest BCUT2D eigenvalue weighted by molar-refractivity contribution is 1.10. The summed E-state index contributed by atoms with van der Waals surface area (Å²) < 4.78 is 0. The first kappa shape index (κ1) is 8.81. The predicted octanol–water partition coefficient (Wildman–Crippen LogP) is 2.28. The van der Waals surface area contributed by atoms with Gasteiger partial charge in [0.2, 0.25) is 0 Å². The largest absolute Gasteiger partial charge is 0.382 e. The van der Waals surface area contributed by atoms with E-state index < -0.39 is 0 Å². The van der Waals surface area contributed by atoms with E-state index in [0.717, 1.165) is 16.8 Å². The van der Waals surface area contributed by atoms with Crippen LogP contribution in [0.3, 0.4) is 0 Å². The molecule has 1 heterocycles. The second kappa shape index (κ2) is 3.18. The van der Waals surface area contributed by atoms with E-state index in [1.54, 1.807) is 0 Å². The summed E-state index contributed by atoms with van der Waals surface area (Å²) in [4.78, 5) is 0. The molecule has 1 aromatic carbocycles. The molecule has 0 bridgehead atoms. The SMILES string of the molecule is Cc1ccccc1-c1[nH]nc(N)c1C. The van der Waals surface area contributed by atoms with E-state index >= 15 is 0 Å². The van der Waals surface area contributed by atoms with Crippen LogP contribution in [0.25, 0.3) is 11.3 Å². The first-order valence-corrected chi connectivity index (χ1v) is 4.56. The maximum atomic E-state index is 5.69. The quantitative estimate of drug-likeness (QED) is 0.719. The predicted molar refractivity (Wildman–Crippen MR) is 57.9 cm³/mol. The average molecular weight is 187 g/mol. The highest BCUT2D eigenvalue weighted by Gasteiger charge is 2.09. The van der Waals surface area contributed by atoms with Gasteiger partial charge in [0.15, 0.2) is 0 Å². The molecule has 0 atom stereocenters. The number of nitrogens with zero attached hydrogens (tertiary/aromatic N) is 1. The minimum absolute atomic E-state index is 0.572. The lowest BCUT2D eigenvalue weighted by Gasteiger charge is -2.03. The molecule has 0 aliphatic rings. The molecule has 1 aromatic heterocycles. The van der Waals surface area contributed by atoms with Crippen LogP contribution in [0.5, 0.6) is 0 Å². The normalized spacial score (nSPS) is 10.4. The zero-order valence-corrected chi connectivity index (χ0v) is 8.33. The molecule has 3 N–H and O–H groups in total. The van der Waals surface area contributed by atoms with E-state index in [1.807, 2.05) is 19.1 Å². The van der Waals surface area contributed by atoms with Crippen LogP contribution in [0, 0.1) is 13.8 Å². The Morgan fingerprint density at radius 1 is 1.21 bits per heavy atom. The second-order valence-corrected chi connectivity index (χ2v) is 3.42. The molecule has 0 saturated heterocycles. The molecule has 0 aliphatic carbocycles. The van der Waals surface area contributed by atoms with Gasteiger partial charge < -0.3 is 5.73 Å². The molecule has 0 spiro atoms. The Kier molecular flexibility index (Phi) is 2.00. The smallest absolute Gasteiger partial charge is 0.148 e. The molecule has 0 saturated carbocycles. The Labute approximate surface area is 83.0 Å². The van der Waals surface area contributed by atoms with Crippen molar-refractivity contribution < 1.29 is 0 Å². The third-order valence-corrected chi connectivity index (χ3v) is 2.46. The molecule has 2 rings (SSSR count). The van der Waals surface area contributed by atoms with Crippen molar-refractivity contribution in [2.24, 2.45) is 0 Å². The fourth-order valence-corrected chi connectivity index (χ4v) is 1.53. The Bertz CT molecular complexity index is 457. The fourth-order valence-electron chi connectivity index (χ4n) is 1.53. The highest BCUT2D eigenvalue weighted by molar-refractivity contribution is 5.70. The highest BCUT2D eigenvalue weighted by atomic mass is 15.2. The van der Waals surface area contributed by atoms with Gasteiger partial charge in [0.05, 0.1) is 5.69 Å². The van der Waals surface area contributed by atoms with Crippen molar-refractivity contribution in [3.05, 3.63) is 35.4 Å². The van der Waals surface area contributed by atoms with Crippen molar-refractivity contribution in [1.29, 1.82) is 0 Å². The summed E-state index contributed by atoms with van der Waals surface area (Å²) >= 11 is 0. The van der Waals surface area contributed by atoms with Gasteiger partial charge in [-0.3, -0.25) is 5.10 Å². The van der Waals surface area contributed by atoms with E-state index in [2.05, 4.69) is 29.3 Å². The van der Waals surface area contributed by atoms with Gasteiger partial charge in [-0.2, -0.15) is 5.10 Å². The summed E-state index contributed by atoms with van der Waals surface area (Å²) in [6.45, 7) is 4.05. The Morgan fingerprint density at radius 3 is 2.50 bits per heavy atom. The van der Waals surface area contributed by atoms with Gasteiger partial charge in [-0.15, -0.1) is 0 Å². The van der Waals surface area contributed by atoms with Gasteiger partial charge in [-0.1, -0.05) is 24.3 Å². The van der Waals surface area contributed by atoms with Crippen LogP contribution in [0.15, 0.2) is 24.3 Å². The van der Waals surface area contributed by atoms with Crippen LogP contribution < -0.4 is 5.73 Å². The zero-order chi connectivity index (χ0) is 10.1. The number of aromatic amines is 1. The first-order chi connectivity index (χ1) is 6.70. The average Bonchev–Trinajstić information content (AvgIpc) is 2.49. The first-order valence-electron chi connectivity index (χ1n) is 4.56. The number of benzene rings is 1. The Balaban J connectivity index is 2.60. The number of aryl methyl sites for hydroxylation is 1. The van der Waals surface area contributed by atoms with Gasteiger partial charge in [0, 0.05) is 11.1 Å². The molecule has 72 valence electrons. The number of anilines is 1. The van der Waals surface area contributed by atoms with Gasteiger partial charge in [0.25, 0.3) is 0 Å². The van der Waals surface area contributed by atoms with Crippen molar-refractivity contribution in [2.75, 3.05) is 5.73 Å². The number of nitrogens with two attached hydrogens (primary N) is 1. The number of hydrogen-bond acceptors (Lipinski definition) is 2. The molecule has 0 amide bonds. The zero-order valence-electron chi connectivity index (χ0n) is 8.33. The highest BCUT2D eigenvalue weighted by Crippen LogP contribution is 2.26. The number of rotatable bonds is 1. The summed E-state index contributed by atoms with van der Waals surface area (Å²) in [5.74, 6) is 0.572. The topological polar surface area (TPSA) is 54.7 Å². The van der Waals surface area contributed by atoms with E-state index in [0.29, 0.717) is 5.82 Å². The van der Waals surface area contributed by atoms with Crippen molar-refractivity contribution >= 4 is 5.82 Å². The number of aromatic nitrogens is 2. The third-order valence-electron chi connectivity index (χ3n) is 2.46. The van der Waals surface area contributed by atoms with Gasteiger partial charge in [-0.25, -0.2) is 0 Å². The van der Waals surface area contributed by atoms with E-state index in [9.17, 15) is 0 Å². The summed E-state index contributed by atoms with van der Waals surface area (Å²) in [7, 11) is 0. The molecule has 0 unspecified atom stereocenters. The molecule has 0 radical (unpaired) electrons. The van der Waals surface area contributed by atoms with Crippen molar-refractivity contribution in [1.82, 2.24) is 10.2 Å². The number of nitrogen functional groups attached to an aromatic ring is 1. The molecular weight excluding hydrogens is 174 g/mol. The molecule has 3 nitrogen and oxygen atoms in total. The molecule has 0 fully saturated rings. The lowest BCUT2D eigenvalue weighted by Crippen LogP contribution is -1.87. The molecule has 14 heavy (non-hydrogen) atoms. The molecule has 0 aliphatic heterocycles. The van der Waals surface area contributed by atoms with Gasteiger partial charge in [-0.05, 0) is 19.4 Å². The number of nitrogens with one attached hydrogen (secondary N) is 1. The van der Waals surface area contributed by atoms with E-state index in [1.165, 1.54) is 5.56 Å². The molecule has 3 heteroatoms. The van der Waals surface area contributed by atoms with Crippen molar-refractivity contribution in [3.8, 4) is 11.3 Å². The molecular formula is C11H13N3. The summed E-state index contributed by atoms with van der Waals surface area (Å²) in [6, 6.07) is 8.17. The van der Waals surface area contributed by atoms with Crippen LogP contribution in [0.2, 0.25) is 0 Å². The second-order valence-electron chi connectivity index (χ2n) is 3.42. The maximum absolute atomic E-state index is 5.69. The molecule has 2 aromatic rings. The lowest BCUT2D eigenvalue weighted by atomic mass is 10.0. The van der Waals surface area contributed by atoms with Crippen molar-refractivity contribution in [2.45, 2.75) is 13.8 Å². The van der Waals surface area contributed by atoms with Gasteiger partial charge in [0.1, 0.15) is 5.82 Å². The van der Waals surface area contributed by atoms with E-state index in [4.69, 9.17) is 5.73 Å². The monoisotopic (exact) mass is 187 g/mol.